The van der Waals surface area contributed by atoms with E-state index in [0.29, 0.717) is 17.5 Å². The quantitative estimate of drug-likeness (QED) is 0.349. The third kappa shape index (κ3) is 6.93. The smallest absolute Gasteiger partial charge is 0.202 e. The zero-order valence-electron chi connectivity index (χ0n) is 26.2. The van der Waals surface area contributed by atoms with E-state index in [1.807, 2.05) is 13.8 Å². The summed E-state index contributed by atoms with van der Waals surface area (Å²) in [5.41, 5.74) is 10.9. The predicted octanol–water partition coefficient (Wildman–Crippen LogP) is 5.89. The summed E-state index contributed by atoms with van der Waals surface area (Å²) < 4.78 is 38.6. The van der Waals surface area contributed by atoms with Gasteiger partial charge in [0.2, 0.25) is 6.29 Å². The molecule has 0 radical (unpaired) electrons. The number of benzene rings is 2. The average Bonchev–Trinajstić information content (AvgIpc) is 3.00. The number of anilines is 2. The van der Waals surface area contributed by atoms with Crippen molar-refractivity contribution >= 4 is 44.2 Å². The van der Waals surface area contributed by atoms with Crippen molar-refractivity contribution in [1.29, 1.82) is 0 Å². The van der Waals surface area contributed by atoms with E-state index >= 15 is 0 Å². The Labute approximate surface area is 266 Å². The number of halogens is 1. The Morgan fingerprint density at radius 3 is 2.52 bits per heavy atom. The van der Waals surface area contributed by atoms with E-state index in [0.717, 1.165) is 62.4 Å². The molecule has 238 valence electrons. The van der Waals surface area contributed by atoms with Crippen molar-refractivity contribution in [3.8, 4) is 5.75 Å². The Kier molecular flexibility index (Phi) is 9.94. The van der Waals surface area contributed by atoms with Crippen LogP contribution < -0.4 is 20.7 Å². The molecule has 11 heteroatoms. The van der Waals surface area contributed by atoms with E-state index in [1.165, 1.54) is 5.57 Å². The molecule has 0 bridgehead atoms. The van der Waals surface area contributed by atoms with Crippen LogP contribution in [0.5, 0.6) is 5.75 Å². The second kappa shape index (κ2) is 13.5. The maximum absolute atomic E-state index is 13.3. The number of para-hydroxylation sites is 1. The molecule has 5 rings (SSSR count). The molecule has 1 unspecified atom stereocenters. The molecule has 2 aromatic rings. The zero-order valence-corrected chi connectivity index (χ0v) is 27.8. The van der Waals surface area contributed by atoms with Crippen LogP contribution in [0.3, 0.4) is 0 Å². The molecule has 1 fully saturated rings. The fourth-order valence-corrected chi connectivity index (χ4v) is 7.33. The van der Waals surface area contributed by atoms with Crippen LogP contribution >= 0.6 is 11.6 Å². The SMILES string of the molecule is Cc1cc(NC2N=C(N)C(Cl)=CN2c2ccccc2S(=O)(=O)C(C)C)c(OC(C)C)cc1C1=CCN(C2CCOCC2)CC1. The Balaban J connectivity index is 1.48. The van der Waals surface area contributed by atoms with Crippen LogP contribution in [0.4, 0.5) is 11.4 Å². The molecule has 1 atom stereocenters. The summed E-state index contributed by atoms with van der Waals surface area (Å²) in [6.45, 7) is 13.1. The molecular formula is C33H44ClN5O4S. The molecule has 0 aromatic heterocycles. The molecule has 3 aliphatic heterocycles. The molecule has 0 amide bonds. The van der Waals surface area contributed by atoms with E-state index in [1.54, 1.807) is 49.2 Å². The number of aliphatic imine (C=N–C) groups is 1. The Morgan fingerprint density at radius 1 is 1.14 bits per heavy atom. The van der Waals surface area contributed by atoms with Gasteiger partial charge in [-0.2, -0.15) is 0 Å². The minimum absolute atomic E-state index is 0.0715. The number of nitrogens with zero attached hydrogens (tertiary/aromatic N) is 3. The van der Waals surface area contributed by atoms with Gasteiger partial charge in [-0.25, -0.2) is 13.4 Å². The first-order valence-corrected chi connectivity index (χ1v) is 17.3. The van der Waals surface area contributed by atoms with Gasteiger partial charge in [-0.15, -0.1) is 0 Å². The van der Waals surface area contributed by atoms with Crippen molar-refractivity contribution in [2.75, 3.05) is 36.5 Å². The lowest BCUT2D eigenvalue weighted by atomic mass is 9.93. The fourth-order valence-electron chi connectivity index (χ4n) is 5.93. The highest BCUT2D eigenvalue weighted by atomic mass is 35.5. The number of hydrogen-bond donors (Lipinski definition) is 2. The molecule has 44 heavy (non-hydrogen) atoms. The summed E-state index contributed by atoms with van der Waals surface area (Å²) in [6, 6.07) is 11.6. The molecule has 3 heterocycles. The van der Waals surface area contributed by atoms with E-state index in [2.05, 4.69) is 40.3 Å². The van der Waals surface area contributed by atoms with E-state index < -0.39 is 21.4 Å². The van der Waals surface area contributed by atoms with Crippen molar-refractivity contribution in [2.24, 2.45) is 10.7 Å². The monoisotopic (exact) mass is 641 g/mol. The third-order valence-corrected chi connectivity index (χ3v) is 10.9. The number of amidine groups is 1. The van der Waals surface area contributed by atoms with Gasteiger partial charge < -0.3 is 25.4 Å². The summed E-state index contributed by atoms with van der Waals surface area (Å²) in [7, 11) is -3.61. The number of aryl methyl sites for hydroxylation is 1. The van der Waals surface area contributed by atoms with Crippen molar-refractivity contribution in [2.45, 2.75) is 82.5 Å². The van der Waals surface area contributed by atoms with Gasteiger partial charge in [-0.3, -0.25) is 4.90 Å². The lowest BCUT2D eigenvalue weighted by Gasteiger charge is -2.36. The van der Waals surface area contributed by atoms with Crippen LogP contribution in [0.25, 0.3) is 5.57 Å². The molecule has 2 aromatic carbocycles. The van der Waals surface area contributed by atoms with E-state index in [9.17, 15) is 8.42 Å². The lowest BCUT2D eigenvalue weighted by molar-refractivity contribution is 0.0378. The second-order valence-electron chi connectivity index (χ2n) is 12.1. The highest BCUT2D eigenvalue weighted by Crippen LogP contribution is 2.38. The second-order valence-corrected chi connectivity index (χ2v) is 15.0. The van der Waals surface area contributed by atoms with Gasteiger partial charge in [0.25, 0.3) is 0 Å². The van der Waals surface area contributed by atoms with Crippen LogP contribution in [-0.4, -0.2) is 69.1 Å². The van der Waals surface area contributed by atoms with Crippen molar-refractivity contribution in [3.05, 3.63) is 64.8 Å². The van der Waals surface area contributed by atoms with Crippen LogP contribution in [0.15, 0.2) is 63.6 Å². The summed E-state index contributed by atoms with van der Waals surface area (Å²) in [5.74, 6) is 0.844. The number of rotatable bonds is 9. The minimum atomic E-state index is -3.61. The van der Waals surface area contributed by atoms with Gasteiger partial charge >= 0.3 is 0 Å². The van der Waals surface area contributed by atoms with Gasteiger partial charge in [0.1, 0.15) is 11.6 Å². The standard InChI is InChI=1S/C33H44ClN5O4S/c1-21(2)43-30-19-26(24-10-14-38(15-11-24)25-12-16-42-17-13-25)23(5)18-28(30)36-33-37-32(35)27(34)20-39(33)29-8-6-7-9-31(29)44(40,41)22(3)4/h6-10,18-22,25,33,36H,11-17H2,1-5H3,(H2,35,37). The highest BCUT2D eigenvalue weighted by Gasteiger charge is 2.31. The first kappa shape index (κ1) is 32.3. The molecule has 0 saturated carbocycles. The third-order valence-electron chi connectivity index (χ3n) is 8.36. The predicted molar refractivity (Wildman–Crippen MR) is 179 cm³/mol. The minimum Gasteiger partial charge on any atom is -0.489 e. The molecule has 3 aliphatic rings. The summed E-state index contributed by atoms with van der Waals surface area (Å²) in [5, 5.41) is 3.10. The van der Waals surface area contributed by atoms with Crippen LogP contribution in [-0.2, 0) is 14.6 Å². The number of hydrogen-bond acceptors (Lipinski definition) is 9. The van der Waals surface area contributed by atoms with Crippen LogP contribution in [0.1, 0.15) is 58.1 Å². The van der Waals surface area contributed by atoms with Crippen LogP contribution in [0.2, 0.25) is 0 Å². The maximum Gasteiger partial charge on any atom is 0.202 e. The Morgan fingerprint density at radius 2 is 1.86 bits per heavy atom. The normalized spacial score (nSPS) is 20.4. The first-order chi connectivity index (χ1) is 21.0. The van der Waals surface area contributed by atoms with Gasteiger partial charge in [0.15, 0.2) is 9.84 Å². The largest absolute Gasteiger partial charge is 0.489 e. The first-order valence-electron chi connectivity index (χ1n) is 15.4. The van der Waals surface area contributed by atoms with Crippen molar-refractivity contribution in [1.82, 2.24) is 4.90 Å². The Hall–Kier alpha value is -3.05. The van der Waals surface area contributed by atoms with Gasteiger partial charge in [-0.1, -0.05) is 29.8 Å². The van der Waals surface area contributed by atoms with Gasteiger partial charge in [-0.05, 0) is 94.8 Å². The number of ether oxygens (including phenoxy) is 2. The zero-order chi connectivity index (χ0) is 31.6. The lowest BCUT2D eigenvalue weighted by Crippen LogP contribution is -2.42. The summed E-state index contributed by atoms with van der Waals surface area (Å²) >= 11 is 6.45. The fraction of sp³-hybridized carbons (Fsp3) is 0.485. The van der Waals surface area contributed by atoms with Crippen molar-refractivity contribution < 1.29 is 17.9 Å². The molecular weight excluding hydrogens is 598 g/mol. The van der Waals surface area contributed by atoms with Gasteiger partial charge in [0.05, 0.1) is 32.7 Å². The molecule has 0 aliphatic carbocycles. The number of nitrogens with one attached hydrogen (secondary N) is 1. The number of sulfone groups is 1. The Bertz CT molecular complexity index is 1560. The molecule has 0 spiro atoms. The average molecular weight is 642 g/mol. The van der Waals surface area contributed by atoms with E-state index in [4.69, 9.17) is 26.8 Å². The molecule has 1 saturated heterocycles. The summed E-state index contributed by atoms with van der Waals surface area (Å²) in [4.78, 5) is 9.11. The van der Waals surface area contributed by atoms with Gasteiger partial charge in [0, 0.05) is 38.5 Å². The van der Waals surface area contributed by atoms with E-state index in [-0.39, 0.29) is 21.9 Å². The highest BCUT2D eigenvalue weighted by molar-refractivity contribution is 7.92. The number of nitrogens with two attached hydrogens (primary N) is 1. The summed E-state index contributed by atoms with van der Waals surface area (Å²) in [6.07, 6.45) is 6.27. The maximum atomic E-state index is 13.3. The van der Waals surface area contributed by atoms with Crippen molar-refractivity contribution in [3.63, 3.8) is 0 Å². The molecule has 9 nitrogen and oxygen atoms in total. The van der Waals surface area contributed by atoms with Crippen LogP contribution in [0, 0.1) is 6.92 Å². The topological polar surface area (TPSA) is 109 Å². The molecule has 3 N–H and O–H groups in total.